The van der Waals surface area contributed by atoms with Crippen molar-refractivity contribution in [2.45, 2.75) is 5.92 Å². The molecule has 1 aliphatic carbocycles. The number of nitrogens with zero attached hydrogens (tertiary/aromatic N) is 1. The molecule has 0 radical (unpaired) electrons. The van der Waals surface area contributed by atoms with Gasteiger partial charge in [0.15, 0.2) is 11.6 Å². The van der Waals surface area contributed by atoms with Gasteiger partial charge >= 0.3 is 0 Å². The van der Waals surface area contributed by atoms with Crippen molar-refractivity contribution in [2.75, 3.05) is 0 Å². The number of hydrogen-bond donors (Lipinski definition) is 0. The second-order valence-corrected chi connectivity index (χ2v) is 4.96. The van der Waals surface area contributed by atoms with Gasteiger partial charge in [-0.15, -0.1) is 0 Å². The van der Waals surface area contributed by atoms with E-state index in [4.69, 9.17) is 0 Å². The number of benzene rings is 1. The first-order valence-corrected chi connectivity index (χ1v) is 6.26. The summed E-state index contributed by atoms with van der Waals surface area (Å²) in [6, 6.07) is 8.65. The van der Waals surface area contributed by atoms with E-state index < -0.39 is 5.92 Å². The number of Topliss-reactive ketones (excluding diaryl/α,β-unsaturated/α-hetero) is 2. The fourth-order valence-electron chi connectivity index (χ4n) is 2.25. The van der Waals surface area contributed by atoms with Crippen LogP contribution in [0.3, 0.4) is 0 Å². The zero-order valence-electron chi connectivity index (χ0n) is 9.26. The highest BCUT2D eigenvalue weighted by Gasteiger charge is 2.40. The lowest BCUT2D eigenvalue weighted by Gasteiger charge is -2.08. The Bertz CT molecular complexity index is 631. The van der Waals surface area contributed by atoms with Gasteiger partial charge in [-0.25, -0.2) is 0 Å². The minimum Gasteiger partial charge on any atom is -0.293 e. The van der Waals surface area contributed by atoms with E-state index in [1.54, 1.807) is 42.7 Å². The van der Waals surface area contributed by atoms with Crippen LogP contribution in [-0.2, 0) is 0 Å². The van der Waals surface area contributed by atoms with E-state index in [2.05, 4.69) is 20.9 Å². The summed E-state index contributed by atoms with van der Waals surface area (Å²) in [5, 5.41) is 0. The molecule has 0 amide bonds. The molecule has 0 aliphatic heterocycles. The van der Waals surface area contributed by atoms with Gasteiger partial charge in [0.2, 0.25) is 0 Å². The summed E-state index contributed by atoms with van der Waals surface area (Å²) in [6.07, 6.45) is 3.18. The first kappa shape index (κ1) is 11.3. The molecule has 4 heteroatoms. The summed E-state index contributed by atoms with van der Waals surface area (Å²) in [6.45, 7) is 0. The summed E-state index contributed by atoms with van der Waals surface area (Å²) in [5.74, 6) is -1.01. The van der Waals surface area contributed by atoms with Crippen molar-refractivity contribution in [3.8, 4) is 0 Å². The molecule has 2 aromatic rings. The molecule has 3 nitrogen and oxygen atoms in total. The molecule has 0 saturated carbocycles. The molecule has 0 saturated heterocycles. The van der Waals surface area contributed by atoms with E-state index in [0.717, 1.165) is 0 Å². The predicted molar refractivity (Wildman–Crippen MR) is 69.8 cm³/mol. The standard InChI is InChI=1S/C14H8BrNO2/c15-11-7-16-6-5-10(11)12-13(17)8-3-1-2-4-9(8)14(12)18/h1-7,12H. The first-order chi connectivity index (χ1) is 8.70. The number of ketones is 2. The van der Waals surface area contributed by atoms with Crippen LogP contribution in [0.5, 0.6) is 0 Å². The van der Waals surface area contributed by atoms with E-state index in [1.807, 2.05) is 0 Å². The van der Waals surface area contributed by atoms with Crippen LogP contribution < -0.4 is 0 Å². The molecule has 1 aliphatic rings. The number of carbonyl (C=O) groups is 2. The van der Waals surface area contributed by atoms with Crippen LogP contribution in [0.1, 0.15) is 32.2 Å². The highest BCUT2D eigenvalue weighted by atomic mass is 79.9. The highest BCUT2D eigenvalue weighted by molar-refractivity contribution is 9.10. The molecular weight excluding hydrogens is 294 g/mol. The second-order valence-electron chi connectivity index (χ2n) is 4.10. The Kier molecular flexibility index (Phi) is 2.59. The van der Waals surface area contributed by atoms with Crippen LogP contribution in [-0.4, -0.2) is 16.6 Å². The van der Waals surface area contributed by atoms with E-state index in [-0.39, 0.29) is 11.6 Å². The van der Waals surface area contributed by atoms with Gasteiger partial charge in [0.1, 0.15) is 5.92 Å². The highest BCUT2D eigenvalue weighted by Crippen LogP contribution is 2.36. The molecule has 0 atom stereocenters. The minimum atomic E-state index is -0.736. The van der Waals surface area contributed by atoms with Crippen LogP contribution in [0.2, 0.25) is 0 Å². The Hall–Kier alpha value is -1.81. The molecule has 3 rings (SSSR count). The number of hydrogen-bond acceptors (Lipinski definition) is 3. The molecule has 18 heavy (non-hydrogen) atoms. The molecular formula is C14H8BrNO2. The second kappa shape index (κ2) is 4.14. The Morgan fingerprint density at radius 2 is 1.61 bits per heavy atom. The third kappa shape index (κ3) is 1.53. The van der Waals surface area contributed by atoms with E-state index >= 15 is 0 Å². The first-order valence-electron chi connectivity index (χ1n) is 5.47. The number of rotatable bonds is 1. The van der Waals surface area contributed by atoms with Crippen LogP contribution in [0.15, 0.2) is 47.2 Å². The molecule has 1 aromatic heterocycles. The van der Waals surface area contributed by atoms with Gasteiger partial charge in [0.25, 0.3) is 0 Å². The van der Waals surface area contributed by atoms with Crippen LogP contribution >= 0.6 is 15.9 Å². The van der Waals surface area contributed by atoms with Gasteiger partial charge in [-0.05, 0) is 27.6 Å². The van der Waals surface area contributed by atoms with E-state index in [9.17, 15) is 9.59 Å². The molecule has 1 heterocycles. The molecule has 0 spiro atoms. The summed E-state index contributed by atoms with van der Waals surface area (Å²) >= 11 is 3.34. The monoisotopic (exact) mass is 301 g/mol. The normalized spacial score (nSPS) is 14.9. The number of pyridine rings is 1. The molecule has 0 fully saturated rings. The minimum absolute atomic E-state index is 0.137. The topological polar surface area (TPSA) is 47.0 Å². The van der Waals surface area contributed by atoms with Gasteiger partial charge in [-0.1, -0.05) is 24.3 Å². The average Bonchev–Trinajstić information content (AvgIpc) is 2.64. The maximum absolute atomic E-state index is 12.3. The van der Waals surface area contributed by atoms with Crippen molar-refractivity contribution in [1.29, 1.82) is 0 Å². The summed E-state index contributed by atoms with van der Waals surface area (Å²) in [4.78, 5) is 28.5. The lowest BCUT2D eigenvalue weighted by Crippen LogP contribution is -2.13. The quantitative estimate of drug-likeness (QED) is 0.761. The van der Waals surface area contributed by atoms with Crippen LogP contribution in [0.25, 0.3) is 0 Å². The molecule has 88 valence electrons. The number of fused-ring (bicyclic) bond motifs is 1. The van der Waals surface area contributed by atoms with Crippen molar-refractivity contribution >= 4 is 27.5 Å². The smallest absolute Gasteiger partial charge is 0.178 e. The Labute approximate surface area is 112 Å². The van der Waals surface area contributed by atoms with Crippen LogP contribution in [0.4, 0.5) is 0 Å². The SMILES string of the molecule is O=C1c2ccccc2C(=O)C1c1ccncc1Br. The zero-order chi connectivity index (χ0) is 12.7. The largest absolute Gasteiger partial charge is 0.293 e. The lowest BCUT2D eigenvalue weighted by molar-refractivity contribution is 0.0890. The summed E-state index contributed by atoms with van der Waals surface area (Å²) in [7, 11) is 0. The maximum Gasteiger partial charge on any atom is 0.178 e. The van der Waals surface area contributed by atoms with Gasteiger partial charge in [-0.2, -0.15) is 0 Å². The third-order valence-corrected chi connectivity index (χ3v) is 3.76. The van der Waals surface area contributed by atoms with Crippen molar-refractivity contribution in [3.05, 3.63) is 63.9 Å². The predicted octanol–water partition coefficient (Wildman–Crippen LogP) is 3.01. The molecule has 0 unspecified atom stereocenters. The summed E-state index contributed by atoms with van der Waals surface area (Å²) in [5.41, 5.74) is 1.70. The fraction of sp³-hybridized carbons (Fsp3) is 0.0714. The van der Waals surface area contributed by atoms with Gasteiger partial charge < -0.3 is 0 Å². The Morgan fingerprint density at radius 3 is 2.17 bits per heavy atom. The number of halogens is 1. The number of carbonyl (C=O) groups excluding carboxylic acids is 2. The summed E-state index contributed by atoms with van der Waals surface area (Å²) < 4.78 is 0.685. The molecule has 1 aromatic carbocycles. The van der Waals surface area contributed by atoms with Crippen molar-refractivity contribution in [1.82, 2.24) is 4.98 Å². The molecule has 0 bridgehead atoms. The third-order valence-electron chi connectivity index (χ3n) is 3.10. The van der Waals surface area contributed by atoms with E-state index in [1.165, 1.54) is 0 Å². The lowest BCUT2D eigenvalue weighted by atomic mass is 9.95. The zero-order valence-corrected chi connectivity index (χ0v) is 10.8. The van der Waals surface area contributed by atoms with Crippen LogP contribution in [0, 0.1) is 0 Å². The fourth-order valence-corrected chi connectivity index (χ4v) is 2.72. The van der Waals surface area contributed by atoms with E-state index in [0.29, 0.717) is 21.2 Å². The number of aromatic nitrogens is 1. The Morgan fingerprint density at radius 1 is 1.00 bits per heavy atom. The maximum atomic E-state index is 12.3. The van der Waals surface area contributed by atoms with Gasteiger partial charge in [-0.3, -0.25) is 14.6 Å². The average molecular weight is 302 g/mol. The van der Waals surface area contributed by atoms with Crippen molar-refractivity contribution in [2.24, 2.45) is 0 Å². The van der Waals surface area contributed by atoms with Gasteiger partial charge in [0, 0.05) is 28.0 Å². The van der Waals surface area contributed by atoms with Crippen molar-refractivity contribution < 1.29 is 9.59 Å². The van der Waals surface area contributed by atoms with Gasteiger partial charge in [0.05, 0.1) is 0 Å². The molecule has 0 N–H and O–H groups in total. The Balaban J connectivity index is 2.16. The van der Waals surface area contributed by atoms with Crippen molar-refractivity contribution in [3.63, 3.8) is 0 Å².